The molecule has 2 aromatic rings. The van der Waals surface area contributed by atoms with Gasteiger partial charge in [0.25, 0.3) is 11.6 Å². The van der Waals surface area contributed by atoms with Crippen LogP contribution in [0.1, 0.15) is 15.9 Å². The minimum Gasteiger partial charge on any atom is -0.383 e. The van der Waals surface area contributed by atoms with E-state index >= 15 is 0 Å². The normalized spacial score (nSPS) is 10.5. The fourth-order valence-electron chi connectivity index (χ4n) is 1.81. The number of carbonyl (C=O) groups is 1. The molecule has 0 spiro atoms. The quantitative estimate of drug-likeness (QED) is 0.617. The van der Waals surface area contributed by atoms with Gasteiger partial charge in [-0.25, -0.2) is 4.68 Å². The number of hydrogen-bond acceptors (Lipinski definition) is 7. The molecule has 0 fully saturated rings. The van der Waals surface area contributed by atoms with E-state index in [1.807, 2.05) is 0 Å². The van der Waals surface area contributed by atoms with Crippen LogP contribution in [-0.4, -0.2) is 44.8 Å². The maximum atomic E-state index is 12.2. The zero-order chi connectivity index (χ0) is 16.1. The van der Waals surface area contributed by atoms with Gasteiger partial charge in [0.1, 0.15) is 0 Å². The summed E-state index contributed by atoms with van der Waals surface area (Å²) in [6.45, 7) is 2.40. The largest absolute Gasteiger partial charge is 0.383 e. The third-order valence-corrected chi connectivity index (χ3v) is 2.93. The van der Waals surface area contributed by atoms with E-state index in [-0.39, 0.29) is 11.6 Å². The van der Waals surface area contributed by atoms with Crippen LogP contribution in [0.5, 0.6) is 0 Å². The molecule has 0 atom stereocenters. The second-order valence-electron chi connectivity index (χ2n) is 4.43. The van der Waals surface area contributed by atoms with Crippen molar-refractivity contribution in [2.45, 2.75) is 13.5 Å². The van der Waals surface area contributed by atoms with Gasteiger partial charge in [0.05, 0.1) is 18.1 Å². The topological polar surface area (TPSA) is 125 Å². The number of amides is 1. The molecule has 0 saturated heterocycles. The molecule has 0 radical (unpaired) electrons. The number of aromatic nitrogens is 4. The van der Waals surface area contributed by atoms with E-state index in [9.17, 15) is 14.9 Å². The molecule has 10 nitrogen and oxygen atoms in total. The van der Waals surface area contributed by atoms with E-state index in [4.69, 9.17) is 4.74 Å². The van der Waals surface area contributed by atoms with Gasteiger partial charge in [-0.2, -0.15) is 0 Å². The molecule has 0 aliphatic carbocycles. The van der Waals surface area contributed by atoms with Gasteiger partial charge in [-0.05, 0) is 29.0 Å². The molecule has 0 aliphatic heterocycles. The van der Waals surface area contributed by atoms with Gasteiger partial charge in [0.15, 0.2) is 0 Å². The summed E-state index contributed by atoms with van der Waals surface area (Å²) >= 11 is 0. The highest BCUT2D eigenvalue weighted by Gasteiger charge is 2.16. The summed E-state index contributed by atoms with van der Waals surface area (Å²) in [5.74, 6) is -0.263. The maximum Gasteiger partial charge on any atom is 0.269 e. The number of carbonyl (C=O) groups excluding carboxylic acids is 1. The summed E-state index contributed by atoms with van der Waals surface area (Å²) in [6, 6.07) is 4.00. The highest BCUT2D eigenvalue weighted by Crippen LogP contribution is 2.18. The zero-order valence-electron chi connectivity index (χ0n) is 12.0. The van der Waals surface area contributed by atoms with Crippen molar-refractivity contribution in [2.24, 2.45) is 0 Å². The Hall–Kier alpha value is -2.88. The highest BCUT2D eigenvalue weighted by molar-refractivity contribution is 6.04. The maximum absolute atomic E-state index is 12.2. The molecular formula is C12H14N6O4. The molecule has 22 heavy (non-hydrogen) atoms. The summed E-state index contributed by atoms with van der Waals surface area (Å²) in [5, 5.41) is 24.2. The number of nitrogens with zero attached hydrogens (tertiary/aromatic N) is 5. The molecule has 1 aromatic carbocycles. The van der Waals surface area contributed by atoms with Crippen molar-refractivity contribution >= 4 is 17.5 Å². The van der Waals surface area contributed by atoms with Crippen molar-refractivity contribution in [3.05, 3.63) is 39.4 Å². The predicted molar refractivity (Wildman–Crippen MR) is 75.5 cm³/mol. The molecule has 1 heterocycles. The molecule has 116 valence electrons. The van der Waals surface area contributed by atoms with Crippen LogP contribution in [0.2, 0.25) is 0 Å². The van der Waals surface area contributed by atoms with Gasteiger partial charge in [-0.15, -0.1) is 0 Å². The second-order valence-corrected chi connectivity index (χ2v) is 4.43. The van der Waals surface area contributed by atoms with Crippen molar-refractivity contribution in [1.29, 1.82) is 0 Å². The van der Waals surface area contributed by atoms with Gasteiger partial charge in [-0.3, -0.25) is 20.2 Å². The van der Waals surface area contributed by atoms with Crippen LogP contribution in [0.3, 0.4) is 0 Å². The Kier molecular flexibility index (Phi) is 4.73. The lowest BCUT2D eigenvalue weighted by Gasteiger charge is -2.07. The molecule has 0 aliphatic rings. The van der Waals surface area contributed by atoms with E-state index in [1.54, 1.807) is 14.0 Å². The zero-order valence-corrected chi connectivity index (χ0v) is 12.0. The van der Waals surface area contributed by atoms with Crippen LogP contribution in [0.4, 0.5) is 11.6 Å². The van der Waals surface area contributed by atoms with E-state index in [2.05, 4.69) is 20.8 Å². The Morgan fingerprint density at radius 1 is 1.50 bits per heavy atom. The van der Waals surface area contributed by atoms with Crippen molar-refractivity contribution < 1.29 is 14.5 Å². The van der Waals surface area contributed by atoms with Crippen molar-refractivity contribution in [3.63, 3.8) is 0 Å². The number of anilines is 1. The van der Waals surface area contributed by atoms with Crippen molar-refractivity contribution in [2.75, 3.05) is 19.0 Å². The SMILES string of the molecule is COCCn1nnnc1NC(=O)c1ccc([N+](=O)[O-])cc1C. The molecule has 0 unspecified atom stereocenters. The first kappa shape index (κ1) is 15.5. The lowest BCUT2D eigenvalue weighted by atomic mass is 10.1. The minimum atomic E-state index is -0.514. The Labute approximate surface area is 125 Å². The molecule has 10 heteroatoms. The van der Waals surface area contributed by atoms with Crippen molar-refractivity contribution in [3.8, 4) is 0 Å². The number of hydrogen-bond donors (Lipinski definition) is 1. The number of rotatable bonds is 6. The van der Waals surface area contributed by atoms with E-state index in [1.165, 1.54) is 22.9 Å². The number of benzene rings is 1. The van der Waals surface area contributed by atoms with E-state index < -0.39 is 10.8 Å². The lowest BCUT2D eigenvalue weighted by Crippen LogP contribution is -2.18. The predicted octanol–water partition coefficient (Wildman–Crippen LogP) is 0.788. The number of tetrazole rings is 1. The first-order chi connectivity index (χ1) is 10.5. The van der Waals surface area contributed by atoms with Crippen molar-refractivity contribution in [1.82, 2.24) is 20.2 Å². The lowest BCUT2D eigenvalue weighted by molar-refractivity contribution is -0.384. The fourth-order valence-corrected chi connectivity index (χ4v) is 1.81. The monoisotopic (exact) mass is 306 g/mol. The van der Waals surface area contributed by atoms with E-state index in [0.717, 1.165) is 0 Å². The van der Waals surface area contributed by atoms with Gasteiger partial charge < -0.3 is 4.74 Å². The van der Waals surface area contributed by atoms with Crippen LogP contribution in [0.25, 0.3) is 0 Å². The molecule has 0 saturated carbocycles. The van der Waals surface area contributed by atoms with Crippen LogP contribution < -0.4 is 5.32 Å². The fraction of sp³-hybridized carbons (Fsp3) is 0.333. The van der Waals surface area contributed by atoms with Gasteiger partial charge >= 0.3 is 0 Å². The number of methoxy groups -OCH3 is 1. The smallest absolute Gasteiger partial charge is 0.269 e. The third kappa shape index (κ3) is 3.41. The molecule has 0 bridgehead atoms. The van der Waals surface area contributed by atoms with Gasteiger partial charge in [0.2, 0.25) is 5.95 Å². The number of non-ortho nitro benzene ring substituents is 1. The summed E-state index contributed by atoms with van der Waals surface area (Å²) in [7, 11) is 1.54. The number of nitro benzene ring substituents is 1. The summed E-state index contributed by atoms with van der Waals surface area (Å²) in [4.78, 5) is 22.4. The molecule has 1 aromatic heterocycles. The molecule has 1 N–H and O–H groups in total. The Morgan fingerprint density at radius 2 is 2.27 bits per heavy atom. The van der Waals surface area contributed by atoms with Crippen LogP contribution in [0.15, 0.2) is 18.2 Å². The Morgan fingerprint density at radius 3 is 2.91 bits per heavy atom. The second kappa shape index (κ2) is 6.72. The first-order valence-electron chi connectivity index (χ1n) is 6.34. The highest BCUT2D eigenvalue weighted by atomic mass is 16.6. The van der Waals surface area contributed by atoms with Crippen LogP contribution in [0, 0.1) is 17.0 Å². The van der Waals surface area contributed by atoms with E-state index in [0.29, 0.717) is 24.3 Å². The number of nitrogens with one attached hydrogen (secondary N) is 1. The summed E-state index contributed by atoms with van der Waals surface area (Å²) in [6.07, 6.45) is 0. The molecule has 2 rings (SSSR count). The number of aryl methyl sites for hydroxylation is 1. The first-order valence-corrected chi connectivity index (χ1v) is 6.34. The number of nitro groups is 1. The van der Waals surface area contributed by atoms with Crippen LogP contribution >= 0.6 is 0 Å². The third-order valence-electron chi connectivity index (χ3n) is 2.93. The molecule has 1 amide bonds. The minimum absolute atomic E-state index is 0.0704. The van der Waals surface area contributed by atoms with Crippen LogP contribution in [-0.2, 0) is 11.3 Å². The summed E-state index contributed by atoms with van der Waals surface area (Å²) in [5.41, 5.74) is 0.730. The number of ether oxygens (including phenoxy) is 1. The Balaban J connectivity index is 2.16. The summed E-state index contributed by atoms with van der Waals surface area (Å²) < 4.78 is 6.31. The van der Waals surface area contributed by atoms with Gasteiger partial charge in [-0.1, -0.05) is 5.10 Å². The van der Waals surface area contributed by atoms with Gasteiger partial charge in [0, 0.05) is 24.8 Å². The average Bonchev–Trinajstić information content (AvgIpc) is 2.91. The average molecular weight is 306 g/mol. The molecular weight excluding hydrogens is 292 g/mol. The standard InChI is InChI=1S/C12H14N6O4/c1-8-7-9(18(20)21)3-4-10(8)11(19)13-12-14-15-16-17(12)5-6-22-2/h3-4,7H,5-6H2,1-2H3,(H,13,14,16,19). The Bertz CT molecular complexity index is 699.